The molecular formula is C15H23N3O2. The average Bonchev–Trinajstić information content (AvgIpc) is 3.31. The van der Waals surface area contributed by atoms with Gasteiger partial charge in [0, 0.05) is 17.9 Å². The molecule has 0 bridgehead atoms. The predicted octanol–water partition coefficient (Wildman–Crippen LogP) is 1.66. The number of esters is 1. The number of hydrogen-bond donors (Lipinski definition) is 1. The third-order valence-electron chi connectivity index (χ3n) is 4.28. The highest BCUT2D eigenvalue weighted by atomic mass is 16.5. The number of nitrogens with one attached hydrogen (secondary N) is 1. The number of hydrogen-bond acceptors (Lipinski definition) is 4. The van der Waals surface area contributed by atoms with Crippen molar-refractivity contribution >= 4 is 5.97 Å². The van der Waals surface area contributed by atoms with Crippen molar-refractivity contribution in [3.63, 3.8) is 0 Å². The molecule has 1 atom stereocenters. The summed E-state index contributed by atoms with van der Waals surface area (Å²) in [5.74, 6) is 0.273. The van der Waals surface area contributed by atoms with Gasteiger partial charge in [0.15, 0.2) is 0 Å². The highest BCUT2D eigenvalue weighted by Gasteiger charge is 2.54. The zero-order valence-electron chi connectivity index (χ0n) is 12.3. The molecule has 1 N–H and O–H groups in total. The average molecular weight is 277 g/mol. The zero-order chi connectivity index (χ0) is 14.2. The van der Waals surface area contributed by atoms with Crippen LogP contribution in [0.5, 0.6) is 0 Å². The van der Waals surface area contributed by atoms with Gasteiger partial charge in [-0.15, -0.1) is 0 Å². The van der Waals surface area contributed by atoms with Crippen LogP contribution in [0.15, 0.2) is 12.3 Å². The highest BCUT2D eigenvalue weighted by Crippen LogP contribution is 2.43. The van der Waals surface area contributed by atoms with E-state index in [1.807, 2.05) is 24.6 Å². The molecule has 1 aromatic heterocycles. The lowest BCUT2D eigenvalue weighted by molar-refractivity contribution is -0.153. The summed E-state index contributed by atoms with van der Waals surface area (Å²) in [6.07, 6.45) is 6.30. The summed E-state index contributed by atoms with van der Waals surface area (Å²) in [5.41, 5.74) is 0.491. The van der Waals surface area contributed by atoms with Crippen LogP contribution in [-0.2, 0) is 16.1 Å². The molecule has 1 aromatic rings. The number of carbonyl (C=O) groups is 1. The van der Waals surface area contributed by atoms with E-state index in [0.29, 0.717) is 25.1 Å². The molecule has 5 heteroatoms. The highest BCUT2D eigenvalue weighted by molar-refractivity contribution is 5.82. The van der Waals surface area contributed by atoms with E-state index in [-0.39, 0.29) is 5.97 Å². The van der Waals surface area contributed by atoms with E-state index >= 15 is 0 Å². The SMILES string of the molecule is CCOC(=O)C(Cn1nccc1C)(NC1CC1)C1CC1. The summed E-state index contributed by atoms with van der Waals surface area (Å²) >= 11 is 0. The van der Waals surface area contributed by atoms with Crippen LogP contribution >= 0.6 is 0 Å². The van der Waals surface area contributed by atoms with E-state index in [1.54, 1.807) is 6.20 Å². The first-order valence-electron chi connectivity index (χ1n) is 7.59. The summed E-state index contributed by atoms with van der Waals surface area (Å²) in [6, 6.07) is 2.44. The van der Waals surface area contributed by atoms with Gasteiger partial charge in [-0.25, -0.2) is 4.79 Å². The van der Waals surface area contributed by atoms with E-state index in [9.17, 15) is 4.79 Å². The summed E-state index contributed by atoms with van der Waals surface area (Å²) in [6.45, 7) is 4.89. The van der Waals surface area contributed by atoms with Gasteiger partial charge in [-0.05, 0) is 51.5 Å². The molecule has 0 radical (unpaired) electrons. The van der Waals surface area contributed by atoms with E-state index < -0.39 is 5.54 Å². The molecule has 2 aliphatic rings. The van der Waals surface area contributed by atoms with E-state index in [0.717, 1.165) is 31.4 Å². The van der Waals surface area contributed by atoms with Gasteiger partial charge in [0.1, 0.15) is 5.54 Å². The quantitative estimate of drug-likeness (QED) is 0.770. The number of aryl methyl sites for hydroxylation is 1. The number of nitrogens with zero attached hydrogens (tertiary/aromatic N) is 2. The maximum atomic E-state index is 12.6. The summed E-state index contributed by atoms with van der Waals surface area (Å²) in [5, 5.41) is 7.93. The molecule has 0 aliphatic heterocycles. The van der Waals surface area contributed by atoms with Crippen LogP contribution in [0.3, 0.4) is 0 Å². The van der Waals surface area contributed by atoms with Gasteiger partial charge in [0.05, 0.1) is 13.2 Å². The first-order chi connectivity index (χ1) is 9.65. The van der Waals surface area contributed by atoms with E-state index in [2.05, 4.69) is 10.4 Å². The number of ether oxygens (including phenoxy) is 1. The van der Waals surface area contributed by atoms with Crippen LogP contribution in [-0.4, -0.2) is 33.9 Å². The lowest BCUT2D eigenvalue weighted by Crippen LogP contribution is -2.58. The molecule has 2 fully saturated rings. The molecule has 0 saturated heterocycles. The fourth-order valence-corrected chi connectivity index (χ4v) is 2.81. The molecule has 0 amide bonds. The van der Waals surface area contributed by atoms with Crippen LogP contribution in [0.25, 0.3) is 0 Å². The normalized spacial score (nSPS) is 21.5. The molecular weight excluding hydrogens is 254 g/mol. The maximum absolute atomic E-state index is 12.6. The third kappa shape index (κ3) is 2.59. The standard InChI is InChI=1S/C15H23N3O2/c1-3-20-14(19)15(12-4-5-12,17-13-6-7-13)10-18-11(2)8-9-16-18/h8-9,12-13,17H,3-7,10H2,1-2H3. The van der Waals surface area contributed by atoms with Crippen molar-refractivity contribution in [2.24, 2.45) is 5.92 Å². The minimum atomic E-state index is -0.589. The second-order valence-electron chi connectivity index (χ2n) is 6.01. The number of aromatic nitrogens is 2. The van der Waals surface area contributed by atoms with Crippen LogP contribution in [0.1, 0.15) is 38.3 Å². The molecule has 2 aliphatic carbocycles. The first kappa shape index (κ1) is 13.6. The molecule has 5 nitrogen and oxygen atoms in total. The van der Waals surface area contributed by atoms with Gasteiger partial charge in [-0.2, -0.15) is 5.10 Å². The second-order valence-corrected chi connectivity index (χ2v) is 6.01. The van der Waals surface area contributed by atoms with Gasteiger partial charge >= 0.3 is 5.97 Å². The molecule has 0 spiro atoms. The topological polar surface area (TPSA) is 56.2 Å². The molecule has 110 valence electrons. The Hall–Kier alpha value is -1.36. The molecule has 3 rings (SSSR count). The Morgan fingerprint density at radius 2 is 2.25 bits per heavy atom. The Morgan fingerprint density at radius 1 is 1.50 bits per heavy atom. The lowest BCUT2D eigenvalue weighted by Gasteiger charge is -2.33. The Morgan fingerprint density at radius 3 is 2.75 bits per heavy atom. The fraction of sp³-hybridized carbons (Fsp3) is 0.733. The largest absolute Gasteiger partial charge is 0.465 e. The van der Waals surface area contributed by atoms with Crippen LogP contribution in [0, 0.1) is 12.8 Å². The van der Waals surface area contributed by atoms with Gasteiger partial charge in [-0.1, -0.05) is 0 Å². The zero-order valence-corrected chi connectivity index (χ0v) is 12.3. The van der Waals surface area contributed by atoms with Crippen LogP contribution in [0.4, 0.5) is 0 Å². The van der Waals surface area contributed by atoms with Crippen molar-refractivity contribution in [1.29, 1.82) is 0 Å². The first-order valence-corrected chi connectivity index (χ1v) is 7.59. The predicted molar refractivity (Wildman–Crippen MR) is 75.2 cm³/mol. The van der Waals surface area contributed by atoms with Crippen molar-refractivity contribution < 1.29 is 9.53 Å². The molecule has 2 saturated carbocycles. The van der Waals surface area contributed by atoms with Gasteiger partial charge in [0.2, 0.25) is 0 Å². The van der Waals surface area contributed by atoms with E-state index in [4.69, 9.17) is 4.74 Å². The Balaban J connectivity index is 1.87. The van der Waals surface area contributed by atoms with Gasteiger partial charge in [0.25, 0.3) is 0 Å². The van der Waals surface area contributed by atoms with Crippen molar-refractivity contribution in [3.05, 3.63) is 18.0 Å². The Kier molecular flexibility index (Phi) is 3.54. The third-order valence-corrected chi connectivity index (χ3v) is 4.28. The van der Waals surface area contributed by atoms with Crippen LogP contribution < -0.4 is 5.32 Å². The molecule has 1 unspecified atom stereocenters. The lowest BCUT2D eigenvalue weighted by atomic mass is 9.92. The number of carbonyl (C=O) groups excluding carboxylic acids is 1. The fourth-order valence-electron chi connectivity index (χ4n) is 2.81. The minimum Gasteiger partial charge on any atom is -0.465 e. The summed E-state index contributed by atoms with van der Waals surface area (Å²) in [7, 11) is 0. The van der Waals surface area contributed by atoms with E-state index in [1.165, 1.54) is 0 Å². The van der Waals surface area contributed by atoms with Crippen molar-refractivity contribution in [1.82, 2.24) is 15.1 Å². The van der Waals surface area contributed by atoms with Crippen molar-refractivity contribution in [2.45, 2.75) is 57.7 Å². The van der Waals surface area contributed by atoms with Crippen molar-refractivity contribution in [3.8, 4) is 0 Å². The molecule has 0 aromatic carbocycles. The minimum absolute atomic E-state index is 0.107. The monoisotopic (exact) mass is 277 g/mol. The summed E-state index contributed by atoms with van der Waals surface area (Å²) in [4.78, 5) is 12.6. The molecule has 1 heterocycles. The summed E-state index contributed by atoms with van der Waals surface area (Å²) < 4.78 is 7.30. The van der Waals surface area contributed by atoms with Crippen LogP contribution in [0.2, 0.25) is 0 Å². The van der Waals surface area contributed by atoms with Gasteiger partial charge in [-0.3, -0.25) is 10.00 Å². The smallest absolute Gasteiger partial charge is 0.328 e. The van der Waals surface area contributed by atoms with Gasteiger partial charge < -0.3 is 4.74 Å². The maximum Gasteiger partial charge on any atom is 0.328 e. The Bertz CT molecular complexity index is 491. The second kappa shape index (κ2) is 5.20. The number of rotatable bonds is 7. The van der Waals surface area contributed by atoms with Crippen molar-refractivity contribution in [2.75, 3.05) is 6.61 Å². The Labute approximate surface area is 119 Å². The molecule has 20 heavy (non-hydrogen) atoms.